The summed E-state index contributed by atoms with van der Waals surface area (Å²) in [5.74, 6) is -4.12. The number of benzene rings is 2. The van der Waals surface area contributed by atoms with Crippen molar-refractivity contribution in [3.05, 3.63) is 69.7 Å². The molecule has 234 valence electrons. The fraction of sp³-hybridized carbons (Fsp3) is 0.472. The topological polar surface area (TPSA) is 141 Å². The van der Waals surface area contributed by atoms with Gasteiger partial charge in [-0.2, -0.15) is 0 Å². The van der Waals surface area contributed by atoms with Gasteiger partial charge in [0.15, 0.2) is 17.2 Å². The molecule has 0 saturated heterocycles. The Hall–Kier alpha value is -3.91. The van der Waals surface area contributed by atoms with Gasteiger partial charge in [-0.05, 0) is 78.5 Å². The van der Waals surface area contributed by atoms with E-state index in [1.807, 2.05) is 32.0 Å². The van der Waals surface area contributed by atoms with Gasteiger partial charge in [-0.25, -0.2) is 0 Å². The molecule has 0 amide bonds. The maximum Gasteiger partial charge on any atom is 0.209 e. The Bertz CT molecular complexity index is 1680. The van der Waals surface area contributed by atoms with E-state index in [4.69, 9.17) is 4.74 Å². The van der Waals surface area contributed by atoms with E-state index in [2.05, 4.69) is 13.8 Å². The van der Waals surface area contributed by atoms with E-state index in [1.54, 1.807) is 27.0 Å². The number of hydrogen-bond donors (Lipinski definition) is 4. The molecule has 8 heteroatoms. The van der Waals surface area contributed by atoms with Crippen molar-refractivity contribution >= 4 is 17.3 Å². The quantitative estimate of drug-likeness (QED) is 0.286. The number of phenolic OH excluding ortho intramolecular Hbond substituents is 1. The van der Waals surface area contributed by atoms with Gasteiger partial charge in [0, 0.05) is 22.3 Å². The highest BCUT2D eigenvalue weighted by Crippen LogP contribution is 2.65. The Morgan fingerprint density at radius 1 is 1.05 bits per heavy atom. The van der Waals surface area contributed by atoms with E-state index in [0.717, 1.165) is 35.8 Å². The average Bonchev–Trinajstić information content (AvgIpc) is 2.90. The lowest BCUT2D eigenvalue weighted by atomic mass is 9.44. The highest BCUT2D eigenvalue weighted by Gasteiger charge is 2.71. The monoisotopic (exact) mass is 602 g/mol. The summed E-state index contributed by atoms with van der Waals surface area (Å²) in [5.41, 5.74) is -2.73. The summed E-state index contributed by atoms with van der Waals surface area (Å²) in [7, 11) is 1.62. The number of rotatable bonds is 6. The number of fused-ring (bicyclic) bond motifs is 3. The SMILES string of the molecule is COc1ccc(-c2ccc(O)c3c2C[C@]2(C)C[C@]4(C)C(C(C)C)C(O)=C(C(C)=O)C(=O)[C@]4(O)C(O)=C2C3=O)cc1CC(C)C. The summed E-state index contributed by atoms with van der Waals surface area (Å²) in [4.78, 5) is 40.8. The van der Waals surface area contributed by atoms with Crippen LogP contribution in [-0.4, -0.2) is 50.5 Å². The maximum atomic E-state index is 14.4. The van der Waals surface area contributed by atoms with Gasteiger partial charge in [-0.15, -0.1) is 0 Å². The molecule has 0 saturated carbocycles. The number of ketones is 3. The van der Waals surface area contributed by atoms with Crippen molar-refractivity contribution in [1.82, 2.24) is 0 Å². The van der Waals surface area contributed by atoms with Crippen LogP contribution in [0.1, 0.15) is 76.4 Å². The van der Waals surface area contributed by atoms with Gasteiger partial charge < -0.3 is 25.2 Å². The highest BCUT2D eigenvalue weighted by molar-refractivity contribution is 6.25. The Labute approximate surface area is 258 Å². The Kier molecular flexibility index (Phi) is 7.40. The number of aromatic hydroxyl groups is 1. The van der Waals surface area contributed by atoms with E-state index in [1.165, 1.54) is 6.07 Å². The molecule has 5 rings (SSSR count). The first kappa shape index (κ1) is 31.5. The van der Waals surface area contributed by atoms with Crippen LogP contribution in [0.4, 0.5) is 0 Å². The second-order valence-corrected chi connectivity index (χ2v) is 14.1. The average molecular weight is 603 g/mol. The van der Waals surface area contributed by atoms with Crippen LogP contribution >= 0.6 is 0 Å². The fourth-order valence-electron chi connectivity index (χ4n) is 8.55. The summed E-state index contributed by atoms with van der Waals surface area (Å²) < 4.78 is 5.60. The lowest BCUT2D eigenvalue weighted by Gasteiger charge is -2.59. The normalized spacial score (nSPS) is 28.3. The first-order valence-electron chi connectivity index (χ1n) is 15.2. The lowest BCUT2D eigenvalue weighted by molar-refractivity contribution is -0.171. The lowest BCUT2D eigenvalue weighted by Crippen LogP contribution is -2.67. The van der Waals surface area contributed by atoms with Gasteiger partial charge >= 0.3 is 0 Å². The molecule has 0 bridgehead atoms. The zero-order chi connectivity index (χ0) is 32.7. The zero-order valence-corrected chi connectivity index (χ0v) is 26.7. The molecule has 2 aromatic rings. The van der Waals surface area contributed by atoms with Crippen molar-refractivity contribution in [3.63, 3.8) is 0 Å². The van der Waals surface area contributed by atoms with Crippen LogP contribution in [0, 0.1) is 28.6 Å². The molecule has 0 fully saturated rings. The molecular weight excluding hydrogens is 560 g/mol. The van der Waals surface area contributed by atoms with Crippen LogP contribution in [0.2, 0.25) is 0 Å². The van der Waals surface area contributed by atoms with Gasteiger partial charge in [0.25, 0.3) is 0 Å². The molecule has 0 heterocycles. The van der Waals surface area contributed by atoms with Crippen molar-refractivity contribution in [2.45, 2.75) is 73.3 Å². The van der Waals surface area contributed by atoms with Crippen LogP contribution in [0.3, 0.4) is 0 Å². The number of Topliss-reactive ketones (excluding diaryl/α,β-unsaturated/α-hetero) is 3. The molecule has 4 atom stereocenters. The van der Waals surface area contributed by atoms with E-state index in [-0.39, 0.29) is 35.6 Å². The van der Waals surface area contributed by atoms with Gasteiger partial charge in [0.05, 0.1) is 12.7 Å². The van der Waals surface area contributed by atoms with Gasteiger partial charge in [0.2, 0.25) is 5.78 Å². The van der Waals surface area contributed by atoms with E-state index >= 15 is 0 Å². The maximum absolute atomic E-state index is 14.4. The van der Waals surface area contributed by atoms with Gasteiger partial charge in [0.1, 0.15) is 28.6 Å². The molecule has 0 aliphatic heterocycles. The van der Waals surface area contributed by atoms with E-state index < -0.39 is 56.8 Å². The van der Waals surface area contributed by atoms with Gasteiger partial charge in [-0.1, -0.05) is 53.7 Å². The molecule has 0 spiro atoms. The van der Waals surface area contributed by atoms with Crippen molar-refractivity contribution in [1.29, 1.82) is 0 Å². The zero-order valence-electron chi connectivity index (χ0n) is 26.7. The molecular formula is C36H42O8. The largest absolute Gasteiger partial charge is 0.511 e. The number of aliphatic hydroxyl groups is 3. The molecule has 1 unspecified atom stereocenters. The summed E-state index contributed by atoms with van der Waals surface area (Å²) >= 11 is 0. The fourth-order valence-corrected chi connectivity index (χ4v) is 8.55. The van der Waals surface area contributed by atoms with Crippen LogP contribution in [0.5, 0.6) is 11.5 Å². The number of aliphatic hydroxyl groups excluding tert-OH is 2. The summed E-state index contributed by atoms with van der Waals surface area (Å²) in [6, 6.07) is 9.04. The molecule has 3 aliphatic carbocycles. The number of carbonyl (C=O) groups excluding carboxylic acids is 3. The molecule has 3 aliphatic rings. The third-order valence-corrected chi connectivity index (χ3v) is 10.1. The molecule has 0 radical (unpaired) electrons. The van der Waals surface area contributed by atoms with Crippen molar-refractivity contribution in [2.24, 2.45) is 28.6 Å². The number of methoxy groups -OCH3 is 1. The first-order chi connectivity index (χ1) is 20.4. The van der Waals surface area contributed by atoms with Crippen LogP contribution in [-0.2, 0) is 22.4 Å². The van der Waals surface area contributed by atoms with Crippen LogP contribution < -0.4 is 4.74 Å². The minimum absolute atomic E-state index is 0.00352. The van der Waals surface area contributed by atoms with Crippen molar-refractivity contribution in [2.75, 3.05) is 7.11 Å². The number of carbonyl (C=O) groups is 3. The summed E-state index contributed by atoms with van der Waals surface area (Å²) in [6.07, 6.45) is 1.02. The highest BCUT2D eigenvalue weighted by atomic mass is 16.5. The number of phenols is 1. The number of hydrogen-bond acceptors (Lipinski definition) is 8. The number of ether oxygens (including phenoxy) is 1. The van der Waals surface area contributed by atoms with E-state index in [9.17, 15) is 34.8 Å². The minimum atomic E-state index is -2.63. The predicted molar refractivity (Wildman–Crippen MR) is 166 cm³/mol. The van der Waals surface area contributed by atoms with Crippen LogP contribution in [0.15, 0.2) is 53.0 Å². The predicted octanol–water partition coefficient (Wildman–Crippen LogP) is 6.22. The van der Waals surface area contributed by atoms with Crippen molar-refractivity contribution < 1.29 is 39.5 Å². The third-order valence-electron chi connectivity index (χ3n) is 10.1. The Morgan fingerprint density at radius 2 is 1.70 bits per heavy atom. The second kappa shape index (κ2) is 10.3. The van der Waals surface area contributed by atoms with E-state index in [0.29, 0.717) is 11.5 Å². The Balaban J connectivity index is 1.77. The minimum Gasteiger partial charge on any atom is -0.511 e. The molecule has 4 N–H and O–H groups in total. The summed E-state index contributed by atoms with van der Waals surface area (Å²) in [5, 5.41) is 46.4. The smallest absolute Gasteiger partial charge is 0.209 e. The summed E-state index contributed by atoms with van der Waals surface area (Å²) in [6.45, 7) is 12.4. The first-order valence-corrected chi connectivity index (χ1v) is 15.2. The molecule has 8 nitrogen and oxygen atoms in total. The second-order valence-electron chi connectivity index (χ2n) is 14.1. The number of allylic oxidation sites excluding steroid dienone is 2. The molecule has 2 aromatic carbocycles. The standard InChI is InChI=1S/C36H42O8/c1-17(2)13-21-14-20(9-12-25(21)44-8)22-10-11-24(38)27-23(22)15-34(6)16-35(7)28(18(3)4)30(39)26(19(5)37)32(41)36(35,43)33(42)29(34)31(27)40/h9-12,14,17-18,28,38-39,42-43H,13,15-16H2,1-8H3/t28?,34-,35-,36+/m1/s1. The van der Waals surface area contributed by atoms with Crippen molar-refractivity contribution in [3.8, 4) is 22.6 Å². The van der Waals surface area contributed by atoms with Crippen LogP contribution in [0.25, 0.3) is 11.1 Å². The third kappa shape index (κ3) is 4.17. The Morgan fingerprint density at radius 3 is 2.27 bits per heavy atom. The molecule has 44 heavy (non-hydrogen) atoms. The molecule has 0 aromatic heterocycles. The van der Waals surface area contributed by atoms with Gasteiger partial charge in [-0.3, -0.25) is 14.4 Å².